The van der Waals surface area contributed by atoms with Gasteiger partial charge in [-0.3, -0.25) is 9.89 Å². The van der Waals surface area contributed by atoms with Crippen LogP contribution in [0.15, 0.2) is 46.9 Å². The summed E-state index contributed by atoms with van der Waals surface area (Å²) in [4.78, 5) is 20.0. The number of rotatable bonds is 8. The normalized spacial score (nSPS) is 13.9. The molecule has 28 heavy (non-hydrogen) atoms. The van der Waals surface area contributed by atoms with Crippen LogP contribution in [0.3, 0.4) is 0 Å². The first-order valence-corrected chi connectivity index (χ1v) is 10.9. The Hall–Kier alpha value is -2.45. The van der Waals surface area contributed by atoms with E-state index in [0.29, 0.717) is 23.1 Å². The van der Waals surface area contributed by atoms with Gasteiger partial charge in [0.2, 0.25) is 11.1 Å². The standard InChI is InChI=1S/C20H19FN4OS2/c21-17-6-2-1-4-14(17)12-25(15-7-8-15)19(26)13-28-20-22-18(23-24-20)10-9-16-5-3-11-27-16/h1-6,9-11,15H,7-8,12-13H2,(H,22,23,24)/b10-9+. The quantitative estimate of drug-likeness (QED) is 0.553. The number of aromatic amines is 1. The minimum Gasteiger partial charge on any atom is -0.335 e. The number of carbonyl (C=O) groups excluding carboxylic acids is 1. The Morgan fingerprint density at radius 2 is 2.14 bits per heavy atom. The van der Waals surface area contributed by atoms with Crippen molar-refractivity contribution in [1.82, 2.24) is 20.1 Å². The predicted octanol–water partition coefficient (Wildman–Crippen LogP) is 4.46. The number of hydrogen-bond donors (Lipinski definition) is 1. The molecule has 2 aromatic heterocycles. The maximum Gasteiger partial charge on any atom is 0.233 e. The molecule has 3 aromatic rings. The van der Waals surface area contributed by atoms with Gasteiger partial charge in [0.05, 0.1) is 5.75 Å². The van der Waals surface area contributed by atoms with Gasteiger partial charge in [-0.1, -0.05) is 36.0 Å². The van der Waals surface area contributed by atoms with Crippen molar-refractivity contribution in [2.24, 2.45) is 0 Å². The van der Waals surface area contributed by atoms with Crippen molar-refractivity contribution < 1.29 is 9.18 Å². The van der Waals surface area contributed by atoms with E-state index in [-0.39, 0.29) is 23.5 Å². The lowest BCUT2D eigenvalue weighted by Gasteiger charge is -2.22. The summed E-state index contributed by atoms with van der Waals surface area (Å²) in [7, 11) is 0. The molecule has 0 radical (unpaired) electrons. The Kier molecular flexibility index (Phi) is 5.87. The first kappa shape index (κ1) is 18.9. The lowest BCUT2D eigenvalue weighted by Crippen LogP contribution is -2.34. The molecule has 5 nitrogen and oxygen atoms in total. The predicted molar refractivity (Wildman–Crippen MR) is 110 cm³/mol. The second-order valence-corrected chi connectivity index (χ2v) is 8.41. The molecule has 0 unspecified atom stereocenters. The Bertz CT molecular complexity index is 966. The number of hydrogen-bond acceptors (Lipinski definition) is 5. The van der Waals surface area contributed by atoms with Crippen LogP contribution in [-0.4, -0.2) is 37.8 Å². The van der Waals surface area contributed by atoms with Crippen LogP contribution < -0.4 is 0 Å². The van der Waals surface area contributed by atoms with Crippen LogP contribution in [0.25, 0.3) is 12.2 Å². The van der Waals surface area contributed by atoms with Crippen LogP contribution in [0.4, 0.5) is 4.39 Å². The van der Waals surface area contributed by atoms with Crippen molar-refractivity contribution in [1.29, 1.82) is 0 Å². The number of aromatic nitrogens is 3. The van der Waals surface area contributed by atoms with E-state index >= 15 is 0 Å². The highest BCUT2D eigenvalue weighted by atomic mass is 32.2. The van der Waals surface area contributed by atoms with Gasteiger partial charge in [-0.2, -0.15) is 0 Å². The third-order valence-corrected chi connectivity index (χ3v) is 6.03. The van der Waals surface area contributed by atoms with Crippen molar-refractivity contribution in [2.45, 2.75) is 30.6 Å². The van der Waals surface area contributed by atoms with E-state index in [1.807, 2.05) is 29.7 Å². The first-order chi connectivity index (χ1) is 13.7. The number of nitrogens with one attached hydrogen (secondary N) is 1. The number of amides is 1. The third-order valence-electron chi connectivity index (χ3n) is 4.36. The molecule has 1 aliphatic rings. The van der Waals surface area contributed by atoms with Gasteiger partial charge in [0.15, 0.2) is 0 Å². The van der Waals surface area contributed by atoms with Crippen LogP contribution in [0, 0.1) is 5.82 Å². The molecular weight excluding hydrogens is 395 g/mol. The van der Waals surface area contributed by atoms with Crippen molar-refractivity contribution in [2.75, 3.05) is 5.75 Å². The minimum atomic E-state index is -0.273. The molecule has 144 valence electrons. The summed E-state index contributed by atoms with van der Waals surface area (Å²) in [6.07, 6.45) is 5.78. The molecule has 4 rings (SSSR count). The zero-order chi connectivity index (χ0) is 19.3. The average molecular weight is 415 g/mol. The van der Waals surface area contributed by atoms with Gasteiger partial charge in [-0.25, -0.2) is 9.37 Å². The van der Waals surface area contributed by atoms with Crippen LogP contribution >= 0.6 is 23.1 Å². The van der Waals surface area contributed by atoms with Crippen LogP contribution in [-0.2, 0) is 11.3 Å². The fourth-order valence-corrected chi connectivity index (χ4v) is 4.08. The highest BCUT2D eigenvalue weighted by Crippen LogP contribution is 2.30. The third kappa shape index (κ3) is 4.88. The molecule has 0 spiro atoms. The smallest absolute Gasteiger partial charge is 0.233 e. The summed E-state index contributed by atoms with van der Waals surface area (Å²) in [5.41, 5.74) is 0.548. The zero-order valence-corrected chi connectivity index (χ0v) is 16.7. The van der Waals surface area contributed by atoms with E-state index in [1.54, 1.807) is 34.4 Å². The van der Waals surface area contributed by atoms with E-state index in [2.05, 4.69) is 15.2 Å². The second kappa shape index (κ2) is 8.70. The van der Waals surface area contributed by atoms with Gasteiger partial charge < -0.3 is 4.90 Å². The molecule has 1 aromatic carbocycles. The van der Waals surface area contributed by atoms with Crippen LogP contribution in [0.5, 0.6) is 0 Å². The van der Waals surface area contributed by atoms with Gasteiger partial charge in [0.1, 0.15) is 11.6 Å². The fourth-order valence-electron chi connectivity index (χ4n) is 2.77. The summed E-state index contributed by atoms with van der Waals surface area (Å²) < 4.78 is 14.0. The van der Waals surface area contributed by atoms with Crippen LogP contribution in [0.1, 0.15) is 29.1 Å². The number of thiophene rings is 1. The number of thioether (sulfide) groups is 1. The molecule has 0 aliphatic heterocycles. The number of benzene rings is 1. The fraction of sp³-hybridized carbons (Fsp3) is 0.250. The highest BCUT2D eigenvalue weighted by Gasteiger charge is 2.33. The lowest BCUT2D eigenvalue weighted by molar-refractivity contribution is -0.129. The molecule has 1 aliphatic carbocycles. The van der Waals surface area contributed by atoms with Gasteiger partial charge >= 0.3 is 0 Å². The number of nitrogens with zero attached hydrogens (tertiary/aromatic N) is 3. The molecular formula is C20H19FN4OS2. The van der Waals surface area contributed by atoms with Gasteiger partial charge in [-0.15, -0.1) is 16.4 Å². The molecule has 2 heterocycles. The molecule has 0 atom stereocenters. The first-order valence-electron chi connectivity index (χ1n) is 8.99. The largest absolute Gasteiger partial charge is 0.335 e. The summed E-state index contributed by atoms with van der Waals surface area (Å²) >= 11 is 2.94. The number of H-pyrrole nitrogens is 1. The highest BCUT2D eigenvalue weighted by molar-refractivity contribution is 7.99. The maximum atomic E-state index is 14.0. The number of carbonyl (C=O) groups is 1. The molecule has 0 saturated heterocycles. The molecule has 1 N–H and O–H groups in total. The van der Waals surface area contributed by atoms with Gasteiger partial charge in [-0.05, 0) is 42.5 Å². The monoisotopic (exact) mass is 414 g/mol. The number of halogens is 1. The van der Waals surface area contributed by atoms with Crippen LogP contribution in [0.2, 0.25) is 0 Å². The molecule has 1 amide bonds. The molecule has 1 saturated carbocycles. The zero-order valence-electron chi connectivity index (χ0n) is 15.0. The van der Waals surface area contributed by atoms with Crippen molar-refractivity contribution >= 4 is 41.2 Å². The molecule has 8 heteroatoms. The van der Waals surface area contributed by atoms with Crippen molar-refractivity contribution in [3.63, 3.8) is 0 Å². The second-order valence-electron chi connectivity index (χ2n) is 6.48. The van der Waals surface area contributed by atoms with E-state index in [1.165, 1.54) is 17.8 Å². The Morgan fingerprint density at radius 3 is 2.89 bits per heavy atom. The Morgan fingerprint density at radius 1 is 1.29 bits per heavy atom. The Labute approximate surface area is 170 Å². The van der Waals surface area contributed by atoms with E-state index in [4.69, 9.17) is 0 Å². The summed E-state index contributed by atoms with van der Waals surface area (Å²) in [6.45, 7) is 0.305. The van der Waals surface area contributed by atoms with E-state index in [0.717, 1.165) is 17.7 Å². The summed E-state index contributed by atoms with van der Waals surface area (Å²) in [5, 5.41) is 9.56. The minimum absolute atomic E-state index is 0.0174. The van der Waals surface area contributed by atoms with Crippen molar-refractivity contribution in [3.05, 3.63) is 63.9 Å². The van der Waals surface area contributed by atoms with Gasteiger partial charge in [0.25, 0.3) is 0 Å². The molecule has 0 bridgehead atoms. The van der Waals surface area contributed by atoms with E-state index < -0.39 is 0 Å². The van der Waals surface area contributed by atoms with E-state index in [9.17, 15) is 9.18 Å². The SMILES string of the molecule is O=C(CSc1n[nH]c(/C=C/c2cccs2)n1)N(Cc1ccccc1F)C1CC1. The van der Waals surface area contributed by atoms with Crippen molar-refractivity contribution in [3.8, 4) is 0 Å². The maximum absolute atomic E-state index is 14.0. The average Bonchev–Trinajstić information content (AvgIpc) is 3.21. The summed E-state index contributed by atoms with van der Waals surface area (Å²) in [5.74, 6) is 0.589. The molecule has 1 fully saturated rings. The summed E-state index contributed by atoms with van der Waals surface area (Å²) in [6, 6.07) is 10.8. The topological polar surface area (TPSA) is 61.9 Å². The van der Waals surface area contributed by atoms with Gasteiger partial charge in [0, 0.05) is 23.0 Å². The lowest BCUT2D eigenvalue weighted by atomic mass is 10.2. The Balaban J connectivity index is 1.34.